The highest BCUT2D eigenvalue weighted by Gasteiger charge is 2.09. The third-order valence-electron chi connectivity index (χ3n) is 2.96. The molecule has 0 saturated heterocycles. The van der Waals surface area contributed by atoms with E-state index in [1.807, 2.05) is 0 Å². The topological polar surface area (TPSA) is 0 Å². The lowest BCUT2D eigenvalue weighted by Crippen LogP contribution is -1.86. The van der Waals surface area contributed by atoms with Crippen molar-refractivity contribution in [3.05, 3.63) is 47.0 Å². The third-order valence-corrected chi connectivity index (χ3v) is 3.42. The summed E-state index contributed by atoms with van der Waals surface area (Å²) in [6.45, 7) is 0. The Morgan fingerprint density at radius 1 is 1.13 bits per heavy atom. The summed E-state index contributed by atoms with van der Waals surface area (Å²) in [4.78, 5) is 0. The van der Waals surface area contributed by atoms with E-state index in [9.17, 15) is 0 Å². The summed E-state index contributed by atoms with van der Waals surface area (Å²) in [7, 11) is 0. The summed E-state index contributed by atoms with van der Waals surface area (Å²) in [6.07, 6.45) is 10.7. The van der Waals surface area contributed by atoms with Crippen molar-refractivity contribution in [2.45, 2.75) is 32.1 Å². The quantitative estimate of drug-likeness (QED) is 0.569. The smallest absolute Gasteiger partial charge is 0.00659 e. The van der Waals surface area contributed by atoms with Crippen LogP contribution in [0.25, 0.3) is 0 Å². The second kappa shape index (κ2) is 5.50. The van der Waals surface area contributed by atoms with Crippen molar-refractivity contribution in [1.29, 1.82) is 0 Å². The molecule has 0 nitrogen and oxygen atoms in total. The van der Waals surface area contributed by atoms with Crippen LogP contribution in [-0.2, 0) is 19.3 Å². The van der Waals surface area contributed by atoms with Gasteiger partial charge in [-0.2, -0.15) is 0 Å². The maximum Gasteiger partial charge on any atom is 0.00659 e. The molecular formula is C14H17Br. The summed E-state index contributed by atoms with van der Waals surface area (Å²) in [5.41, 5.74) is 4.62. The second-order valence-electron chi connectivity index (χ2n) is 4.11. The minimum absolute atomic E-state index is 1.06. The largest absolute Gasteiger partial charge is 0.0925 e. The molecule has 80 valence electrons. The first-order valence-electron chi connectivity index (χ1n) is 5.72. The summed E-state index contributed by atoms with van der Waals surface area (Å²) in [5.74, 6) is 0. The molecule has 1 aliphatic rings. The molecule has 0 heterocycles. The minimum atomic E-state index is 1.06. The number of rotatable bonds is 4. The molecule has 0 unspecified atom stereocenters. The highest BCUT2D eigenvalue weighted by molar-refractivity contribution is 9.09. The fraction of sp³-hybridized carbons (Fsp3) is 0.429. The van der Waals surface area contributed by atoms with E-state index < -0.39 is 0 Å². The molecule has 2 rings (SSSR count). The van der Waals surface area contributed by atoms with Crippen LogP contribution in [0.1, 0.15) is 29.5 Å². The van der Waals surface area contributed by atoms with Crippen LogP contribution in [0.2, 0.25) is 0 Å². The van der Waals surface area contributed by atoms with Gasteiger partial charge in [-0.1, -0.05) is 46.3 Å². The Bertz CT molecular complexity index is 352. The van der Waals surface area contributed by atoms with Gasteiger partial charge in [0.1, 0.15) is 0 Å². The Labute approximate surface area is 101 Å². The van der Waals surface area contributed by atoms with Crippen molar-refractivity contribution in [2.75, 3.05) is 5.33 Å². The van der Waals surface area contributed by atoms with Crippen LogP contribution in [0.15, 0.2) is 30.4 Å². The zero-order valence-electron chi connectivity index (χ0n) is 9.01. The lowest BCUT2D eigenvalue weighted by molar-refractivity contribution is 0.911. The molecule has 0 spiro atoms. The van der Waals surface area contributed by atoms with Gasteiger partial charge in [0.05, 0.1) is 0 Å². The zero-order valence-corrected chi connectivity index (χ0v) is 10.6. The first-order chi connectivity index (χ1) is 7.40. The van der Waals surface area contributed by atoms with Gasteiger partial charge in [0.2, 0.25) is 0 Å². The van der Waals surface area contributed by atoms with Crippen molar-refractivity contribution in [3.8, 4) is 0 Å². The SMILES string of the molecule is BrCCC=CCc1ccc2c(c1)CCC2. The maximum absolute atomic E-state index is 3.43. The fourth-order valence-corrected chi connectivity index (χ4v) is 2.42. The summed E-state index contributed by atoms with van der Waals surface area (Å²) >= 11 is 3.43. The predicted molar refractivity (Wildman–Crippen MR) is 69.7 cm³/mol. The molecular weight excluding hydrogens is 248 g/mol. The third kappa shape index (κ3) is 2.94. The molecule has 0 aliphatic heterocycles. The molecule has 0 bridgehead atoms. The second-order valence-corrected chi connectivity index (χ2v) is 4.90. The van der Waals surface area contributed by atoms with Crippen molar-refractivity contribution in [2.24, 2.45) is 0 Å². The number of allylic oxidation sites excluding steroid dienone is 2. The number of aryl methyl sites for hydroxylation is 2. The molecule has 1 aliphatic carbocycles. The Morgan fingerprint density at radius 3 is 2.87 bits per heavy atom. The van der Waals surface area contributed by atoms with Crippen LogP contribution in [0.4, 0.5) is 0 Å². The molecule has 1 aromatic carbocycles. The Morgan fingerprint density at radius 2 is 2.00 bits per heavy atom. The lowest BCUT2D eigenvalue weighted by Gasteiger charge is -2.02. The van der Waals surface area contributed by atoms with E-state index in [1.54, 1.807) is 11.1 Å². The average molecular weight is 265 g/mol. The number of hydrogen-bond donors (Lipinski definition) is 0. The average Bonchev–Trinajstić information content (AvgIpc) is 2.71. The fourth-order valence-electron chi connectivity index (χ4n) is 2.15. The number of benzene rings is 1. The molecule has 0 aromatic heterocycles. The van der Waals surface area contributed by atoms with Crippen molar-refractivity contribution < 1.29 is 0 Å². The molecule has 0 radical (unpaired) electrons. The van der Waals surface area contributed by atoms with Gasteiger partial charge >= 0.3 is 0 Å². The molecule has 0 saturated carbocycles. The predicted octanol–water partition coefficient (Wildman–Crippen LogP) is 4.06. The monoisotopic (exact) mass is 264 g/mol. The normalized spacial score (nSPS) is 14.7. The molecule has 0 fully saturated rings. The van der Waals surface area contributed by atoms with Gasteiger partial charge in [-0.15, -0.1) is 0 Å². The molecule has 1 heteroatoms. The summed E-state index contributed by atoms with van der Waals surface area (Å²) in [6, 6.07) is 6.99. The summed E-state index contributed by atoms with van der Waals surface area (Å²) in [5, 5.41) is 1.06. The van der Waals surface area contributed by atoms with Gasteiger partial charge in [0.15, 0.2) is 0 Å². The van der Waals surface area contributed by atoms with Crippen LogP contribution >= 0.6 is 15.9 Å². The Balaban J connectivity index is 1.98. The highest BCUT2D eigenvalue weighted by atomic mass is 79.9. The maximum atomic E-state index is 3.43. The Kier molecular flexibility index (Phi) is 4.01. The summed E-state index contributed by atoms with van der Waals surface area (Å²) < 4.78 is 0. The van der Waals surface area contributed by atoms with Crippen molar-refractivity contribution >= 4 is 15.9 Å². The Hall–Kier alpha value is -0.560. The van der Waals surface area contributed by atoms with Crippen LogP contribution in [0.5, 0.6) is 0 Å². The first-order valence-corrected chi connectivity index (χ1v) is 6.84. The lowest BCUT2D eigenvalue weighted by atomic mass is 10.0. The van der Waals surface area contributed by atoms with Gasteiger partial charge < -0.3 is 0 Å². The van der Waals surface area contributed by atoms with Gasteiger partial charge in [-0.05, 0) is 48.8 Å². The molecule has 0 amide bonds. The molecule has 1 aromatic rings. The van der Waals surface area contributed by atoms with E-state index in [1.165, 1.54) is 24.8 Å². The van der Waals surface area contributed by atoms with E-state index in [0.717, 1.165) is 18.2 Å². The van der Waals surface area contributed by atoms with Crippen LogP contribution in [0, 0.1) is 0 Å². The minimum Gasteiger partial charge on any atom is -0.0925 e. The van der Waals surface area contributed by atoms with E-state index in [0.29, 0.717) is 0 Å². The van der Waals surface area contributed by atoms with Gasteiger partial charge in [-0.3, -0.25) is 0 Å². The molecule has 0 atom stereocenters. The van der Waals surface area contributed by atoms with E-state index in [2.05, 4.69) is 46.3 Å². The van der Waals surface area contributed by atoms with Crippen molar-refractivity contribution in [1.82, 2.24) is 0 Å². The van der Waals surface area contributed by atoms with Gasteiger partial charge in [0.25, 0.3) is 0 Å². The van der Waals surface area contributed by atoms with E-state index in [-0.39, 0.29) is 0 Å². The zero-order chi connectivity index (χ0) is 10.5. The van der Waals surface area contributed by atoms with Gasteiger partial charge in [0, 0.05) is 5.33 Å². The number of hydrogen-bond acceptors (Lipinski definition) is 0. The number of alkyl halides is 1. The standard InChI is InChI=1S/C14H17Br/c15-10-3-1-2-5-12-8-9-13-6-4-7-14(13)11-12/h1-2,8-9,11H,3-7,10H2. The first kappa shape index (κ1) is 10.9. The van der Waals surface area contributed by atoms with Crippen LogP contribution in [-0.4, -0.2) is 5.33 Å². The highest BCUT2D eigenvalue weighted by Crippen LogP contribution is 2.23. The van der Waals surface area contributed by atoms with Crippen molar-refractivity contribution in [3.63, 3.8) is 0 Å². The van der Waals surface area contributed by atoms with E-state index in [4.69, 9.17) is 0 Å². The molecule has 15 heavy (non-hydrogen) atoms. The van der Waals surface area contributed by atoms with Crippen LogP contribution < -0.4 is 0 Å². The molecule has 0 N–H and O–H groups in total. The van der Waals surface area contributed by atoms with Crippen LogP contribution in [0.3, 0.4) is 0 Å². The number of fused-ring (bicyclic) bond motifs is 1. The van der Waals surface area contributed by atoms with Gasteiger partial charge in [-0.25, -0.2) is 0 Å². The van der Waals surface area contributed by atoms with E-state index >= 15 is 0 Å². The number of halogens is 1.